The van der Waals surface area contributed by atoms with Crippen molar-refractivity contribution in [3.05, 3.63) is 0 Å². The molecule has 6 nitrogen and oxygen atoms in total. The van der Waals surface area contributed by atoms with Gasteiger partial charge in [-0.3, -0.25) is 10.5 Å². The van der Waals surface area contributed by atoms with Crippen LogP contribution in [0.1, 0.15) is 40.5 Å². The quantitative estimate of drug-likeness (QED) is 0.330. The van der Waals surface area contributed by atoms with Crippen molar-refractivity contribution < 1.29 is 29.8 Å². The first-order valence-corrected chi connectivity index (χ1v) is 5.12. The van der Waals surface area contributed by atoms with Crippen LogP contribution in [-0.2, 0) is 19.3 Å². The fourth-order valence-electron chi connectivity index (χ4n) is 0.425. The lowest BCUT2D eigenvalue weighted by molar-refractivity contribution is -0.306. The van der Waals surface area contributed by atoms with Crippen molar-refractivity contribution in [3.63, 3.8) is 0 Å². The van der Waals surface area contributed by atoms with E-state index in [9.17, 15) is 4.79 Å². The average molecular weight is 238 g/mol. The van der Waals surface area contributed by atoms with Gasteiger partial charge in [-0.05, 0) is 27.2 Å². The molecule has 0 saturated heterocycles. The molecule has 0 aromatic heterocycles. The molecule has 0 aromatic rings. The molecule has 0 fully saturated rings. The summed E-state index contributed by atoms with van der Waals surface area (Å²) < 4.78 is 4.60. The summed E-state index contributed by atoms with van der Waals surface area (Å²) in [5.74, 6) is -0.532. The normalized spacial score (nSPS) is 10.4. The van der Waals surface area contributed by atoms with Crippen LogP contribution >= 0.6 is 0 Å². The summed E-state index contributed by atoms with van der Waals surface area (Å²) in [7, 11) is 0. The molecule has 0 radical (unpaired) electrons. The number of hydrogen-bond donors (Lipinski definition) is 2. The van der Waals surface area contributed by atoms with E-state index in [0.717, 1.165) is 12.8 Å². The van der Waals surface area contributed by atoms with Crippen molar-refractivity contribution in [3.8, 4) is 0 Å². The van der Waals surface area contributed by atoms with Crippen molar-refractivity contribution in [2.45, 2.75) is 46.1 Å². The average Bonchev–Trinajstić information content (AvgIpc) is 2.18. The zero-order chi connectivity index (χ0) is 13.0. The molecule has 98 valence electrons. The zero-order valence-electron chi connectivity index (χ0n) is 10.4. The number of carbonyl (C=O) groups is 1. The van der Waals surface area contributed by atoms with Gasteiger partial charge in [-0.15, -0.1) is 0 Å². The maximum Gasteiger partial charge on any atom is 0.335 e. The van der Waals surface area contributed by atoms with Gasteiger partial charge >= 0.3 is 5.97 Å². The standard InChI is InChI=1S/C6H12O4.C4H10O2/c1-2-3-4-9-6(7)5-10-8;1-4(2,3)6-5/h8H,2-5H2,1H3;5H,1-3H3. The molecule has 0 unspecified atom stereocenters. The number of hydrogen-bond acceptors (Lipinski definition) is 6. The molecule has 0 aromatic carbocycles. The molecule has 0 amide bonds. The topological polar surface area (TPSA) is 85.2 Å². The van der Waals surface area contributed by atoms with Crippen molar-refractivity contribution >= 4 is 5.97 Å². The highest BCUT2D eigenvalue weighted by Crippen LogP contribution is 2.01. The third-order valence-electron chi connectivity index (χ3n) is 1.22. The van der Waals surface area contributed by atoms with E-state index >= 15 is 0 Å². The van der Waals surface area contributed by atoms with E-state index in [1.165, 1.54) is 0 Å². The summed E-state index contributed by atoms with van der Waals surface area (Å²) in [4.78, 5) is 17.9. The Morgan fingerprint density at radius 1 is 1.25 bits per heavy atom. The van der Waals surface area contributed by atoms with Crippen molar-refractivity contribution in [1.29, 1.82) is 0 Å². The predicted molar refractivity (Wildman–Crippen MR) is 57.9 cm³/mol. The van der Waals surface area contributed by atoms with E-state index in [0.29, 0.717) is 6.61 Å². The Hall–Kier alpha value is -0.690. The molecule has 0 rings (SSSR count). The molecule has 0 spiro atoms. The Bertz CT molecular complexity index is 163. The highest BCUT2D eigenvalue weighted by atomic mass is 17.1. The van der Waals surface area contributed by atoms with Crippen molar-refractivity contribution in [2.24, 2.45) is 0 Å². The Balaban J connectivity index is 0. The lowest BCUT2D eigenvalue weighted by Gasteiger charge is -2.10. The molecule has 0 aliphatic heterocycles. The van der Waals surface area contributed by atoms with Gasteiger partial charge in [0.05, 0.1) is 12.2 Å². The van der Waals surface area contributed by atoms with E-state index in [1.54, 1.807) is 20.8 Å². The molecule has 0 aliphatic rings. The lowest BCUT2D eigenvalue weighted by atomic mass is 10.2. The fraction of sp³-hybridized carbons (Fsp3) is 0.900. The summed E-state index contributed by atoms with van der Waals surface area (Å²) in [6.45, 7) is 7.33. The molecule has 0 atom stereocenters. The molecule has 0 heterocycles. The predicted octanol–water partition coefficient (Wildman–Crippen LogP) is 2.09. The Morgan fingerprint density at radius 3 is 2.06 bits per heavy atom. The monoisotopic (exact) mass is 238 g/mol. The van der Waals surface area contributed by atoms with Crippen LogP contribution < -0.4 is 0 Å². The van der Waals surface area contributed by atoms with Crippen LogP contribution in [0.15, 0.2) is 0 Å². The molecule has 2 N–H and O–H groups in total. The van der Waals surface area contributed by atoms with Gasteiger partial charge in [-0.25, -0.2) is 14.6 Å². The Kier molecular flexibility index (Phi) is 12.0. The third kappa shape index (κ3) is 19.0. The smallest absolute Gasteiger partial charge is 0.335 e. The largest absolute Gasteiger partial charge is 0.464 e. The minimum absolute atomic E-state index is 0.385. The number of rotatable bonds is 5. The SMILES string of the molecule is CC(C)(C)OO.CCCCOC(=O)COO. The minimum Gasteiger partial charge on any atom is -0.464 e. The van der Waals surface area contributed by atoms with E-state index < -0.39 is 11.6 Å². The van der Waals surface area contributed by atoms with Crippen molar-refractivity contribution in [1.82, 2.24) is 0 Å². The van der Waals surface area contributed by atoms with Gasteiger partial charge in [0.2, 0.25) is 0 Å². The summed E-state index contributed by atoms with van der Waals surface area (Å²) in [5.41, 5.74) is -0.403. The van der Waals surface area contributed by atoms with Crippen LogP contribution in [-0.4, -0.2) is 35.3 Å². The molecule has 0 bridgehead atoms. The molecular weight excluding hydrogens is 216 g/mol. The molecule has 16 heavy (non-hydrogen) atoms. The summed E-state index contributed by atoms with van der Waals surface area (Å²) in [6, 6.07) is 0. The van der Waals surface area contributed by atoms with Crippen LogP contribution in [0, 0.1) is 0 Å². The first-order chi connectivity index (χ1) is 7.37. The maximum atomic E-state index is 10.4. The number of esters is 1. The number of unbranched alkanes of at least 4 members (excludes halogenated alkanes) is 1. The first kappa shape index (κ1) is 17.7. The minimum atomic E-state index is -0.532. The van der Waals surface area contributed by atoms with E-state index in [1.807, 2.05) is 6.92 Å². The highest BCUT2D eigenvalue weighted by Gasteiger charge is 2.07. The van der Waals surface area contributed by atoms with Crippen LogP contribution in [0.3, 0.4) is 0 Å². The Labute approximate surface area is 96.0 Å². The van der Waals surface area contributed by atoms with Gasteiger partial charge in [0.25, 0.3) is 0 Å². The van der Waals surface area contributed by atoms with Crippen LogP contribution in [0.25, 0.3) is 0 Å². The van der Waals surface area contributed by atoms with Gasteiger partial charge in [-0.1, -0.05) is 13.3 Å². The van der Waals surface area contributed by atoms with E-state index in [-0.39, 0.29) is 6.61 Å². The second kappa shape index (κ2) is 10.8. The summed E-state index contributed by atoms with van der Waals surface area (Å²) in [6.07, 6.45) is 1.82. The van der Waals surface area contributed by atoms with Crippen LogP contribution in [0.2, 0.25) is 0 Å². The van der Waals surface area contributed by atoms with Crippen molar-refractivity contribution in [2.75, 3.05) is 13.2 Å². The van der Waals surface area contributed by atoms with Gasteiger partial charge in [0, 0.05) is 0 Å². The Morgan fingerprint density at radius 2 is 1.75 bits per heavy atom. The molecular formula is C10H22O6. The van der Waals surface area contributed by atoms with Crippen LogP contribution in [0.4, 0.5) is 0 Å². The van der Waals surface area contributed by atoms with E-state index in [2.05, 4.69) is 14.5 Å². The van der Waals surface area contributed by atoms with Gasteiger partial charge < -0.3 is 4.74 Å². The second-order valence-electron chi connectivity index (χ2n) is 4.05. The molecule has 0 aliphatic carbocycles. The first-order valence-electron chi connectivity index (χ1n) is 5.12. The zero-order valence-corrected chi connectivity index (χ0v) is 10.4. The molecule has 0 saturated carbocycles. The van der Waals surface area contributed by atoms with E-state index in [4.69, 9.17) is 10.5 Å². The molecule has 6 heteroatoms. The van der Waals surface area contributed by atoms with Gasteiger partial charge in [0.15, 0.2) is 6.61 Å². The highest BCUT2D eigenvalue weighted by molar-refractivity contribution is 5.70. The summed E-state index contributed by atoms with van der Waals surface area (Å²) in [5, 5.41) is 15.7. The van der Waals surface area contributed by atoms with Gasteiger partial charge in [-0.2, -0.15) is 0 Å². The number of ether oxygens (including phenoxy) is 1. The van der Waals surface area contributed by atoms with Gasteiger partial charge in [0.1, 0.15) is 0 Å². The number of carbonyl (C=O) groups excluding carboxylic acids is 1. The third-order valence-corrected chi connectivity index (χ3v) is 1.22. The van der Waals surface area contributed by atoms with Crippen LogP contribution in [0.5, 0.6) is 0 Å². The second-order valence-corrected chi connectivity index (χ2v) is 4.05. The maximum absolute atomic E-state index is 10.4. The summed E-state index contributed by atoms with van der Waals surface area (Å²) >= 11 is 0. The fourth-order valence-corrected chi connectivity index (χ4v) is 0.425. The lowest BCUT2D eigenvalue weighted by Crippen LogP contribution is -2.15.